The molecular formula is C20H26F2N2O3S2. The lowest BCUT2D eigenvalue weighted by molar-refractivity contribution is -0.119. The lowest BCUT2D eigenvalue weighted by Crippen LogP contribution is -2.34. The third-order valence-corrected chi connectivity index (χ3v) is 9.46. The molecule has 9 heteroatoms. The van der Waals surface area contributed by atoms with E-state index in [1.165, 1.54) is 41.3 Å². The molecule has 29 heavy (non-hydrogen) atoms. The van der Waals surface area contributed by atoms with Gasteiger partial charge in [0.15, 0.2) is 0 Å². The van der Waals surface area contributed by atoms with E-state index in [-0.39, 0.29) is 41.0 Å². The van der Waals surface area contributed by atoms with Gasteiger partial charge in [-0.05, 0) is 24.7 Å². The van der Waals surface area contributed by atoms with Crippen LogP contribution >= 0.6 is 11.3 Å². The maximum atomic E-state index is 13.2. The predicted octanol–water partition coefficient (Wildman–Crippen LogP) is 4.35. The summed E-state index contributed by atoms with van der Waals surface area (Å²) in [5.74, 6) is 0.663. The summed E-state index contributed by atoms with van der Waals surface area (Å²) in [4.78, 5) is 26.7. The Morgan fingerprint density at radius 1 is 1.14 bits per heavy atom. The van der Waals surface area contributed by atoms with Crippen LogP contribution in [-0.2, 0) is 14.5 Å². The number of hydrogen-bond acceptors (Lipinski definition) is 4. The van der Waals surface area contributed by atoms with E-state index >= 15 is 0 Å². The summed E-state index contributed by atoms with van der Waals surface area (Å²) in [6, 6.07) is 0. The zero-order valence-electron chi connectivity index (χ0n) is 16.2. The number of thiophene rings is 1. The third-order valence-electron chi connectivity index (χ3n) is 6.43. The summed E-state index contributed by atoms with van der Waals surface area (Å²) >= 11 is 1.07. The maximum Gasteiger partial charge on any atom is 0.265 e. The molecule has 3 atom stereocenters. The van der Waals surface area contributed by atoms with Crippen LogP contribution in [0.1, 0.15) is 60.9 Å². The number of halogens is 2. The molecule has 1 saturated heterocycles. The number of rotatable bonds is 4. The highest BCUT2D eigenvalue weighted by molar-refractivity contribution is 7.93. The minimum atomic E-state index is -2.70. The first-order valence-electron chi connectivity index (χ1n) is 10.3. The number of amides is 2. The summed E-state index contributed by atoms with van der Waals surface area (Å²) in [6.07, 6.45) is 3.45. The molecule has 3 aliphatic rings. The van der Waals surface area contributed by atoms with Gasteiger partial charge in [-0.15, -0.1) is 0 Å². The summed E-state index contributed by atoms with van der Waals surface area (Å²) in [6.45, 7) is 0.510. The van der Waals surface area contributed by atoms with Crippen LogP contribution in [0.5, 0.6) is 0 Å². The average molecular weight is 445 g/mol. The highest BCUT2D eigenvalue weighted by atomic mass is 32.2. The Bertz CT molecular complexity index is 901. The van der Waals surface area contributed by atoms with Gasteiger partial charge in [-0.25, -0.2) is 13.0 Å². The maximum absolute atomic E-state index is 13.2. The Morgan fingerprint density at radius 3 is 2.62 bits per heavy atom. The number of nitrogens with zero attached hydrogens (tertiary/aromatic N) is 2. The van der Waals surface area contributed by atoms with Gasteiger partial charge in [-0.3, -0.25) is 9.59 Å². The van der Waals surface area contributed by atoms with E-state index < -0.39 is 22.1 Å². The molecule has 3 fully saturated rings. The highest BCUT2D eigenvalue weighted by Gasteiger charge is 2.48. The Kier molecular flexibility index (Phi) is 6.06. The van der Waals surface area contributed by atoms with Gasteiger partial charge in [-0.2, -0.15) is 15.7 Å². The topological polar surface area (TPSA) is 66.8 Å². The lowest BCUT2D eigenvalue weighted by atomic mass is 10.0. The van der Waals surface area contributed by atoms with Crippen molar-refractivity contribution in [3.05, 3.63) is 21.9 Å². The van der Waals surface area contributed by atoms with Gasteiger partial charge in [0, 0.05) is 46.8 Å². The van der Waals surface area contributed by atoms with E-state index in [1.807, 2.05) is 0 Å². The molecule has 3 unspecified atom stereocenters. The second kappa shape index (κ2) is 8.41. The molecule has 2 heterocycles. The van der Waals surface area contributed by atoms with Gasteiger partial charge in [0.2, 0.25) is 0 Å². The van der Waals surface area contributed by atoms with Crippen molar-refractivity contribution in [1.29, 1.82) is 0 Å². The van der Waals surface area contributed by atoms with E-state index in [0.29, 0.717) is 24.8 Å². The fourth-order valence-corrected chi connectivity index (χ4v) is 7.45. The van der Waals surface area contributed by atoms with Crippen LogP contribution in [0.2, 0.25) is 0 Å². The molecule has 0 radical (unpaired) electrons. The molecule has 0 N–H and O–H groups in total. The Balaban J connectivity index is 1.40. The summed E-state index contributed by atoms with van der Waals surface area (Å²) in [5, 5.41) is 2.74. The molecule has 160 valence electrons. The Labute approximate surface area is 174 Å². The van der Waals surface area contributed by atoms with E-state index in [0.717, 1.165) is 17.8 Å². The van der Waals surface area contributed by atoms with E-state index in [4.69, 9.17) is 0 Å². The lowest BCUT2D eigenvalue weighted by Gasteiger charge is -2.20. The van der Waals surface area contributed by atoms with Crippen molar-refractivity contribution >= 4 is 32.9 Å². The zero-order chi connectivity index (χ0) is 20.6. The molecule has 2 saturated carbocycles. The van der Waals surface area contributed by atoms with Gasteiger partial charge in [0.25, 0.3) is 18.2 Å². The van der Waals surface area contributed by atoms with Crippen molar-refractivity contribution in [2.45, 2.75) is 45.0 Å². The average Bonchev–Trinajstić information content (AvgIpc) is 3.11. The SMILES string of the molecule is O=C(N=S1(=O)CCCN(C(=O)c2cscc2C(F)F)CC1)C1CC1C1CCCC1. The molecule has 0 aromatic carbocycles. The summed E-state index contributed by atoms with van der Waals surface area (Å²) in [7, 11) is -2.70. The van der Waals surface area contributed by atoms with Crippen molar-refractivity contribution in [3.63, 3.8) is 0 Å². The largest absolute Gasteiger partial charge is 0.338 e. The molecule has 1 aromatic heterocycles. The van der Waals surface area contributed by atoms with Crippen LogP contribution in [0, 0.1) is 17.8 Å². The Morgan fingerprint density at radius 2 is 1.90 bits per heavy atom. The van der Waals surface area contributed by atoms with Gasteiger partial charge >= 0.3 is 0 Å². The normalized spacial score (nSPS) is 30.4. The molecule has 2 aliphatic carbocycles. The fourth-order valence-electron chi connectivity index (χ4n) is 4.70. The summed E-state index contributed by atoms with van der Waals surface area (Å²) in [5.41, 5.74) is -0.236. The standard InChI is InChI=1S/C20H26F2N2O3S2/c21-18(22)16-11-28-12-17(16)20(26)24-6-3-8-29(27,9-7-24)23-19(25)15-10-14(15)13-4-1-2-5-13/h11-15,18H,1-10H2. The second-order valence-electron chi connectivity index (χ2n) is 8.35. The molecule has 2 amide bonds. The monoisotopic (exact) mass is 444 g/mol. The van der Waals surface area contributed by atoms with Gasteiger partial charge < -0.3 is 4.90 Å². The second-order valence-corrected chi connectivity index (χ2v) is 11.6. The van der Waals surface area contributed by atoms with Crippen molar-refractivity contribution < 1.29 is 22.6 Å². The van der Waals surface area contributed by atoms with Crippen LogP contribution in [0.3, 0.4) is 0 Å². The molecule has 0 bridgehead atoms. The first kappa shape index (κ1) is 20.9. The van der Waals surface area contributed by atoms with Crippen molar-refractivity contribution in [2.75, 3.05) is 24.6 Å². The van der Waals surface area contributed by atoms with Crippen molar-refractivity contribution in [2.24, 2.45) is 22.1 Å². The molecular weight excluding hydrogens is 418 g/mol. The van der Waals surface area contributed by atoms with Crippen LogP contribution in [-0.4, -0.2) is 45.5 Å². The van der Waals surface area contributed by atoms with Gasteiger partial charge in [-0.1, -0.05) is 25.7 Å². The Hall–Kier alpha value is -1.35. The molecule has 0 spiro atoms. The van der Waals surface area contributed by atoms with E-state index in [2.05, 4.69) is 4.36 Å². The van der Waals surface area contributed by atoms with Crippen LogP contribution < -0.4 is 0 Å². The predicted molar refractivity (Wildman–Crippen MR) is 109 cm³/mol. The van der Waals surface area contributed by atoms with Crippen LogP contribution in [0.4, 0.5) is 8.78 Å². The number of alkyl halides is 2. The van der Waals surface area contributed by atoms with Crippen LogP contribution in [0.25, 0.3) is 0 Å². The third kappa shape index (κ3) is 4.55. The fraction of sp³-hybridized carbons (Fsp3) is 0.700. The zero-order valence-corrected chi connectivity index (χ0v) is 17.9. The smallest absolute Gasteiger partial charge is 0.265 e. The van der Waals surface area contributed by atoms with Gasteiger partial charge in [0.1, 0.15) is 0 Å². The summed E-state index contributed by atoms with van der Waals surface area (Å²) < 4.78 is 43.5. The molecule has 5 nitrogen and oxygen atoms in total. The number of hydrogen-bond donors (Lipinski definition) is 0. The minimum absolute atomic E-state index is 0.0174. The molecule has 1 aromatic rings. The number of carbonyl (C=O) groups excluding carboxylic acids is 2. The van der Waals surface area contributed by atoms with Gasteiger partial charge in [0.05, 0.1) is 15.3 Å². The van der Waals surface area contributed by atoms with E-state index in [1.54, 1.807) is 0 Å². The van der Waals surface area contributed by atoms with Crippen LogP contribution in [0.15, 0.2) is 15.1 Å². The first-order valence-corrected chi connectivity index (χ1v) is 13.1. The highest BCUT2D eigenvalue weighted by Crippen LogP contribution is 2.50. The molecule has 4 rings (SSSR count). The molecule has 1 aliphatic heterocycles. The van der Waals surface area contributed by atoms with E-state index in [9.17, 15) is 22.6 Å². The quantitative estimate of drug-likeness (QED) is 0.693. The van der Waals surface area contributed by atoms with Crippen molar-refractivity contribution in [3.8, 4) is 0 Å². The first-order chi connectivity index (χ1) is 13.9. The minimum Gasteiger partial charge on any atom is -0.338 e. The number of carbonyl (C=O) groups is 2. The van der Waals surface area contributed by atoms with Crippen molar-refractivity contribution in [1.82, 2.24) is 4.90 Å².